The summed E-state index contributed by atoms with van der Waals surface area (Å²) in [6.07, 6.45) is -4.19. The van der Waals surface area contributed by atoms with Crippen LogP contribution in [0.5, 0.6) is 0 Å². The Balaban J connectivity index is 0.000000673. The van der Waals surface area contributed by atoms with E-state index >= 15 is 0 Å². The van der Waals surface area contributed by atoms with Crippen LogP contribution in [0.4, 0.5) is 24.5 Å². The van der Waals surface area contributed by atoms with Crippen LogP contribution in [-0.4, -0.2) is 84.3 Å². The fraction of sp³-hybridized carbons (Fsp3) is 0.360. The van der Waals surface area contributed by atoms with Crippen LogP contribution < -0.4 is 15.5 Å². The quantitative estimate of drug-likeness (QED) is 0.376. The number of aromatic carboxylic acids is 1. The number of nitrogens with zero attached hydrogens (tertiary/aromatic N) is 2. The molecule has 0 atom stereocenters. The summed E-state index contributed by atoms with van der Waals surface area (Å²) in [7, 11) is 0. The van der Waals surface area contributed by atoms with Crippen LogP contribution in [0.1, 0.15) is 34.1 Å². The smallest absolute Gasteiger partial charge is 0.478 e. The summed E-state index contributed by atoms with van der Waals surface area (Å²) in [5.74, 6) is -4.16. The number of carboxylic acid groups (broad SMARTS) is 2. The number of piperazine rings is 1. The molecule has 2 amide bonds. The van der Waals surface area contributed by atoms with Crippen molar-refractivity contribution in [2.45, 2.75) is 19.5 Å². The van der Waals surface area contributed by atoms with Gasteiger partial charge in [0.1, 0.15) is 0 Å². The van der Waals surface area contributed by atoms with Crippen molar-refractivity contribution in [2.24, 2.45) is 0 Å². The van der Waals surface area contributed by atoms with E-state index in [1.807, 2.05) is 11.8 Å². The van der Waals surface area contributed by atoms with Crippen molar-refractivity contribution < 1.29 is 42.6 Å². The number of alkyl halides is 3. The number of halogens is 4. The summed E-state index contributed by atoms with van der Waals surface area (Å²) < 4.78 is 31.7. The zero-order valence-corrected chi connectivity index (χ0v) is 21.7. The molecule has 3 rings (SSSR count). The molecule has 1 aliphatic heterocycles. The van der Waals surface area contributed by atoms with Gasteiger partial charge in [-0.05, 0) is 48.9 Å². The van der Waals surface area contributed by atoms with E-state index in [1.54, 1.807) is 36.4 Å². The molecular formula is C25H28ClF3N4O6. The van der Waals surface area contributed by atoms with Crippen LogP contribution in [0.2, 0.25) is 5.02 Å². The van der Waals surface area contributed by atoms with Gasteiger partial charge in [-0.2, -0.15) is 13.2 Å². The SMILES string of the molecule is CCCNC(=O)CN1CCN(c2ccc(NC(=O)c3ccc(Cl)cc3)cc2C(=O)O)CC1.O=C(O)C(F)(F)F. The largest absolute Gasteiger partial charge is 0.490 e. The third-order valence-corrected chi connectivity index (χ3v) is 5.74. The van der Waals surface area contributed by atoms with Gasteiger partial charge in [0.15, 0.2) is 0 Å². The third-order valence-electron chi connectivity index (χ3n) is 5.49. The van der Waals surface area contributed by atoms with Gasteiger partial charge in [0.2, 0.25) is 5.91 Å². The summed E-state index contributed by atoms with van der Waals surface area (Å²) >= 11 is 5.85. The van der Waals surface area contributed by atoms with E-state index < -0.39 is 18.1 Å². The molecule has 0 bridgehead atoms. The topological polar surface area (TPSA) is 139 Å². The van der Waals surface area contributed by atoms with Crippen molar-refractivity contribution in [2.75, 3.05) is 49.5 Å². The average Bonchev–Trinajstić information content (AvgIpc) is 2.88. The lowest BCUT2D eigenvalue weighted by atomic mass is 10.1. The molecule has 39 heavy (non-hydrogen) atoms. The molecule has 1 aliphatic rings. The molecule has 10 nitrogen and oxygen atoms in total. The van der Waals surface area contributed by atoms with E-state index in [-0.39, 0.29) is 17.4 Å². The molecule has 0 aromatic heterocycles. The highest BCUT2D eigenvalue weighted by molar-refractivity contribution is 6.30. The highest BCUT2D eigenvalue weighted by atomic mass is 35.5. The Hall–Kier alpha value is -3.84. The fourth-order valence-electron chi connectivity index (χ4n) is 3.54. The fourth-order valence-corrected chi connectivity index (χ4v) is 3.66. The summed E-state index contributed by atoms with van der Waals surface area (Å²) in [5, 5.41) is 23.0. The lowest BCUT2D eigenvalue weighted by Crippen LogP contribution is -2.49. The number of amides is 2. The van der Waals surface area contributed by atoms with Crippen LogP contribution in [0, 0.1) is 0 Å². The van der Waals surface area contributed by atoms with Crippen molar-refractivity contribution >= 4 is 46.7 Å². The summed E-state index contributed by atoms with van der Waals surface area (Å²) in [6, 6.07) is 11.3. The number of carboxylic acids is 2. The lowest BCUT2D eigenvalue weighted by Gasteiger charge is -2.36. The van der Waals surface area contributed by atoms with Crippen molar-refractivity contribution in [3.63, 3.8) is 0 Å². The first-order valence-corrected chi connectivity index (χ1v) is 12.2. The molecule has 1 saturated heterocycles. The Morgan fingerprint density at radius 3 is 2.08 bits per heavy atom. The van der Waals surface area contributed by atoms with Crippen molar-refractivity contribution in [3.8, 4) is 0 Å². The molecular weight excluding hydrogens is 545 g/mol. The minimum absolute atomic E-state index is 0.00677. The number of hydrogen-bond acceptors (Lipinski definition) is 6. The number of anilines is 2. The number of carbonyl (C=O) groups is 4. The molecule has 1 heterocycles. The summed E-state index contributed by atoms with van der Waals surface area (Å²) in [4.78, 5) is 49.2. The first-order valence-electron chi connectivity index (χ1n) is 11.8. The molecule has 1 fully saturated rings. The maximum atomic E-state index is 12.4. The minimum Gasteiger partial charge on any atom is -0.478 e. The van der Waals surface area contributed by atoms with Crippen LogP contribution in [0.15, 0.2) is 42.5 Å². The van der Waals surface area contributed by atoms with Crippen LogP contribution in [-0.2, 0) is 9.59 Å². The average molecular weight is 573 g/mol. The second kappa shape index (κ2) is 14.4. The van der Waals surface area contributed by atoms with E-state index in [0.717, 1.165) is 6.42 Å². The van der Waals surface area contributed by atoms with Crippen molar-refractivity contribution in [3.05, 3.63) is 58.6 Å². The molecule has 2 aromatic carbocycles. The Labute approximate surface area is 227 Å². The molecule has 14 heteroatoms. The Morgan fingerprint density at radius 2 is 1.56 bits per heavy atom. The number of carbonyl (C=O) groups excluding carboxylic acids is 2. The predicted octanol–water partition coefficient (Wildman–Crippen LogP) is 3.57. The number of benzene rings is 2. The Bertz CT molecular complexity index is 1170. The zero-order chi connectivity index (χ0) is 29.2. The second-order valence-electron chi connectivity index (χ2n) is 8.41. The second-order valence-corrected chi connectivity index (χ2v) is 8.85. The molecule has 0 aliphatic carbocycles. The first-order chi connectivity index (χ1) is 18.3. The van der Waals surface area contributed by atoms with Gasteiger partial charge in [-0.25, -0.2) is 9.59 Å². The van der Waals surface area contributed by atoms with Crippen LogP contribution in [0.25, 0.3) is 0 Å². The Kier molecular flexibility index (Phi) is 11.5. The van der Waals surface area contributed by atoms with Crippen LogP contribution >= 0.6 is 11.6 Å². The maximum absolute atomic E-state index is 12.4. The van der Waals surface area contributed by atoms with Crippen molar-refractivity contribution in [1.29, 1.82) is 0 Å². The van der Waals surface area contributed by atoms with E-state index in [4.69, 9.17) is 21.5 Å². The summed E-state index contributed by atoms with van der Waals surface area (Å²) in [5.41, 5.74) is 1.54. The maximum Gasteiger partial charge on any atom is 0.490 e. The minimum atomic E-state index is -5.08. The normalized spacial score (nSPS) is 13.6. The van der Waals surface area contributed by atoms with Gasteiger partial charge in [-0.3, -0.25) is 14.5 Å². The van der Waals surface area contributed by atoms with Gasteiger partial charge in [0.05, 0.1) is 17.8 Å². The third kappa shape index (κ3) is 10.1. The number of rotatable bonds is 8. The highest BCUT2D eigenvalue weighted by Crippen LogP contribution is 2.26. The number of aliphatic carboxylic acids is 1. The van der Waals surface area contributed by atoms with E-state index in [0.29, 0.717) is 61.2 Å². The standard InChI is InChI=1S/C23H27ClN4O4.C2HF3O2/c1-2-9-25-21(29)15-27-10-12-28(13-11-27)20-8-7-18(14-19(20)23(31)32)26-22(30)16-3-5-17(24)6-4-16;3-2(4,5)1(6)7/h3-8,14H,2,9-13,15H2,1H3,(H,25,29)(H,26,30)(H,31,32);(H,6,7). The lowest BCUT2D eigenvalue weighted by molar-refractivity contribution is -0.192. The number of nitrogens with one attached hydrogen (secondary N) is 2. The van der Waals surface area contributed by atoms with Gasteiger partial charge in [0, 0.05) is 49.0 Å². The molecule has 2 aromatic rings. The van der Waals surface area contributed by atoms with E-state index in [2.05, 4.69) is 15.5 Å². The first kappa shape index (κ1) is 31.4. The van der Waals surface area contributed by atoms with Gasteiger partial charge in [-0.15, -0.1) is 0 Å². The molecule has 0 radical (unpaired) electrons. The van der Waals surface area contributed by atoms with Gasteiger partial charge >= 0.3 is 18.1 Å². The van der Waals surface area contributed by atoms with Gasteiger partial charge in [0.25, 0.3) is 5.91 Å². The predicted molar refractivity (Wildman–Crippen MR) is 138 cm³/mol. The van der Waals surface area contributed by atoms with Crippen LogP contribution in [0.3, 0.4) is 0 Å². The molecule has 0 unspecified atom stereocenters. The molecule has 212 valence electrons. The Morgan fingerprint density at radius 1 is 0.974 bits per heavy atom. The van der Waals surface area contributed by atoms with Gasteiger partial charge in [-0.1, -0.05) is 18.5 Å². The summed E-state index contributed by atoms with van der Waals surface area (Å²) in [6.45, 7) is 5.56. The van der Waals surface area contributed by atoms with Crippen molar-refractivity contribution in [1.82, 2.24) is 10.2 Å². The molecule has 0 saturated carbocycles. The monoisotopic (exact) mass is 572 g/mol. The van der Waals surface area contributed by atoms with Gasteiger partial charge < -0.3 is 25.7 Å². The van der Waals surface area contributed by atoms with E-state index in [9.17, 15) is 32.7 Å². The zero-order valence-electron chi connectivity index (χ0n) is 20.9. The highest BCUT2D eigenvalue weighted by Gasteiger charge is 2.38. The number of hydrogen-bond donors (Lipinski definition) is 4. The van der Waals surface area contributed by atoms with E-state index in [1.165, 1.54) is 6.07 Å². The molecule has 0 spiro atoms. The molecule has 4 N–H and O–H groups in total.